The van der Waals surface area contributed by atoms with Gasteiger partial charge in [0.15, 0.2) is 0 Å². The molecule has 22 heavy (non-hydrogen) atoms. The number of aromatic nitrogens is 2. The fourth-order valence-corrected chi connectivity index (χ4v) is 3.58. The van der Waals surface area contributed by atoms with Crippen LogP contribution in [0.1, 0.15) is 16.8 Å². The second kappa shape index (κ2) is 5.41. The van der Waals surface area contributed by atoms with E-state index in [1.807, 2.05) is 18.5 Å². The summed E-state index contributed by atoms with van der Waals surface area (Å²) in [4.78, 5) is 6.49. The van der Waals surface area contributed by atoms with Crippen LogP contribution in [-0.4, -0.2) is 28.0 Å². The van der Waals surface area contributed by atoms with Crippen LogP contribution in [0.5, 0.6) is 0 Å². The number of fused-ring (bicyclic) bond motifs is 3. The molecule has 4 heteroatoms. The number of hydrogen-bond acceptors (Lipinski definition) is 2. The molecule has 0 bridgehead atoms. The summed E-state index contributed by atoms with van der Waals surface area (Å²) in [6, 6.07) is 10.4. The Balaban J connectivity index is 1.90. The van der Waals surface area contributed by atoms with Crippen LogP contribution < -0.4 is 0 Å². The topological polar surface area (TPSA) is 21.1 Å². The smallest absolute Gasteiger partial charge is 0.0490 e. The maximum Gasteiger partial charge on any atom is 0.0490 e. The van der Waals surface area contributed by atoms with Crippen molar-refractivity contribution in [3.63, 3.8) is 0 Å². The first-order valence-electron chi connectivity index (χ1n) is 7.59. The van der Waals surface area contributed by atoms with Crippen molar-refractivity contribution in [1.29, 1.82) is 0 Å². The van der Waals surface area contributed by atoms with Crippen LogP contribution >= 0.6 is 11.6 Å². The number of rotatable bonds is 2. The predicted octanol–water partition coefficient (Wildman–Crippen LogP) is 3.73. The Morgan fingerprint density at radius 1 is 1.18 bits per heavy atom. The van der Waals surface area contributed by atoms with Crippen molar-refractivity contribution >= 4 is 22.5 Å². The second-order valence-electron chi connectivity index (χ2n) is 6.02. The van der Waals surface area contributed by atoms with Crippen LogP contribution in [0.25, 0.3) is 10.9 Å². The zero-order chi connectivity index (χ0) is 15.1. The van der Waals surface area contributed by atoms with Crippen molar-refractivity contribution in [2.45, 2.75) is 19.5 Å². The lowest BCUT2D eigenvalue weighted by Crippen LogP contribution is -2.27. The van der Waals surface area contributed by atoms with Gasteiger partial charge in [0.05, 0.1) is 0 Å². The quantitative estimate of drug-likeness (QED) is 0.719. The highest BCUT2D eigenvalue weighted by Crippen LogP contribution is 2.32. The lowest BCUT2D eigenvalue weighted by molar-refractivity contribution is 0.310. The molecule has 0 aliphatic carbocycles. The third-order valence-corrected chi connectivity index (χ3v) is 4.73. The molecule has 1 aromatic carbocycles. The molecule has 2 aromatic heterocycles. The third-order valence-electron chi connectivity index (χ3n) is 4.50. The third kappa shape index (κ3) is 2.31. The SMILES string of the molecule is CN1CCc2c(c3cc(Cl)ccc3n2Cc2ccncc2)C1. The maximum atomic E-state index is 6.24. The van der Waals surface area contributed by atoms with Gasteiger partial charge in [-0.25, -0.2) is 0 Å². The van der Waals surface area contributed by atoms with Gasteiger partial charge in [0.25, 0.3) is 0 Å². The molecule has 3 heterocycles. The molecule has 1 aliphatic heterocycles. The molecule has 0 spiro atoms. The first-order valence-corrected chi connectivity index (χ1v) is 7.97. The van der Waals surface area contributed by atoms with Gasteiger partial charge in [0.2, 0.25) is 0 Å². The van der Waals surface area contributed by atoms with E-state index < -0.39 is 0 Å². The minimum absolute atomic E-state index is 0.810. The van der Waals surface area contributed by atoms with Gasteiger partial charge in [-0.3, -0.25) is 4.98 Å². The average Bonchev–Trinajstić information content (AvgIpc) is 2.81. The molecule has 0 radical (unpaired) electrons. The number of benzene rings is 1. The minimum Gasteiger partial charge on any atom is -0.340 e. The number of halogens is 1. The molecule has 3 nitrogen and oxygen atoms in total. The highest BCUT2D eigenvalue weighted by Gasteiger charge is 2.22. The monoisotopic (exact) mass is 311 g/mol. The number of likely N-dealkylation sites (N-methyl/N-ethyl adjacent to an activating group) is 1. The van der Waals surface area contributed by atoms with E-state index in [0.717, 1.165) is 31.1 Å². The van der Waals surface area contributed by atoms with E-state index in [-0.39, 0.29) is 0 Å². The Labute approximate surface area is 135 Å². The summed E-state index contributed by atoms with van der Waals surface area (Å²) < 4.78 is 2.45. The summed E-state index contributed by atoms with van der Waals surface area (Å²) >= 11 is 6.24. The van der Waals surface area contributed by atoms with Crippen molar-refractivity contribution in [2.24, 2.45) is 0 Å². The lowest BCUT2D eigenvalue weighted by Gasteiger charge is -2.24. The fourth-order valence-electron chi connectivity index (χ4n) is 3.41. The second-order valence-corrected chi connectivity index (χ2v) is 6.45. The van der Waals surface area contributed by atoms with E-state index in [1.165, 1.54) is 27.7 Å². The summed E-state index contributed by atoms with van der Waals surface area (Å²) in [5.41, 5.74) is 5.44. The van der Waals surface area contributed by atoms with Crippen molar-refractivity contribution in [3.8, 4) is 0 Å². The van der Waals surface area contributed by atoms with Gasteiger partial charge in [0, 0.05) is 60.1 Å². The van der Waals surface area contributed by atoms with E-state index in [1.54, 1.807) is 0 Å². The van der Waals surface area contributed by atoms with Gasteiger partial charge >= 0.3 is 0 Å². The average molecular weight is 312 g/mol. The fraction of sp³-hybridized carbons (Fsp3) is 0.278. The van der Waals surface area contributed by atoms with E-state index >= 15 is 0 Å². The number of hydrogen-bond donors (Lipinski definition) is 0. The first-order chi connectivity index (χ1) is 10.7. The van der Waals surface area contributed by atoms with E-state index in [9.17, 15) is 0 Å². The highest BCUT2D eigenvalue weighted by atomic mass is 35.5. The van der Waals surface area contributed by atoms with Crippen LogP contribution in [0.4, 0.5) is 0 Å². The van der Waals surface area contributed by atoms with Gasteiger partial charge < -0.3 is 9.47 Å². The van der Waals surface area contributed by atoms with Gasteiger partial charge in [-0.05, 0) is 48.5 Å². The first kappa shape index (κ1) is 13.8. The van der Waals surface area contributed by atoms with Crippen molar-refractivity contribution in [2.75, 3.05) is 13.6 Å². The molecule has 0 unspecified atom stereocenters. The van der Waals surface area contributed by atoms with Gasteiger partial charge in [-0.1, -0.05) is 11.6 Å². The number of pyridine rings is 1. The molecule has 112 valence electrons. The Morgan fingerprint density at radius 2 is 2.00 bits per heavy atom. The number of nitrogens with zero attached hydrogens (tertiary/aromatic N) is 3. The molecule has 0 fully saturated rings. The van der Waals surface area contributed by atoms with Crippen LogP contribution in [0.2, 0.25) is 5.02 Å². The minimum atomic E-state index is 0.810. The largest absolute Gasteiger partial charge is 0.340 e. The van der Waals surface area contributed by atoms with Gasteiger partial charge in [0.1, 0.15) is 0 Å². The summed E-state index contributed by atoms with van der Waals surface area (Å²) in [6.07, 6.45) is 4.81. The Kier molecular flexibility index (Phi) is 3.40. The van der Waals surface area contributed by atoms with Crippen LogP contribution in [-0.2, 0) is 19.5 Å². The molecule has 0 atom stereocenters. The zero-order valence-corrected chi connectivity index (χ0v) is 13.3. The molecular weight excluding hydrogens is 294 g/mol. The zero-order valence-electron chi connectivity index (χ0n) is 12.6. The van der Waals surface area contributed by atoms with Crippen molar-refractivity contribution < 1.29 is 0 Å². The Morgan fingerprint density at radius 3 is 2.82 bits per heavy atom. The lowest BCUT2D eigenvalue weighted by atomic mass is 10.1. The molecule has 0 saturated heterocycles. The van der Waals surface area contributed by atoms with E-state index in [2.05, 4.69) is 45.8 Å². The Hall–Kier alpha value is -1.84. The van der Waals surface area contributed by atoms with Crippen molar-refractivity contribution in [3.05, 3.63) is 64.6 Å². The predicted molar refractivity (Wildman–Crippen MR) is 90.3 cm³/mol. The molecule has 0 amide bonds. The summed E-state index contributed by atoms with van der Waals surface area (Å²) in [6.45, 7) is 2.99. The normalized spacial score (nSPS) is 15.2. The molecule has 0 saturated carbocycles. The maximum absolute atomic E-state index is 6.24. The van der Waals surface area contributed by atoms with E-state index in [0.29, 0.717) is 0 Å². The van der Waals surface area contributed by atoms with Gasteiger partial charge in [-0.2, -0.15) is 0 Å². The van der Waals surface area contributed by atoms with Crippen LogP contribution in [0.15, 0.2) is 42.7 Å². The van der Waals surface area contributed by atoms with E-state index in [4.69, 9.17) is 11.6 Å². The van der Waals surface area contributed by atoms with Gasteiger partial charge in [-0.15, -0.1) is 0 Å². The summed E-state index contributed by atoms with van der Waals surface area (Å²) in [5.74, 6) is 0. The van der Waals surface area contributed by atoms with Crippen LogP contribution in [0, 0.1) is 0 Å². The van der Waals surface area contributed by atoms with Crippen LogP contribution in [0.3, 0.4) is 0 Å². The summed E-state index contributed by atoms with van der Waals surface area (Å²) in [5, 5.41) is 2.10. The molecule has 1 aliphatic rings. The highest BCUT2D eigenvalue weighted by molar-refractivity contribution is 6.31. The van der Waals surface area contributed by atoms with Crippen molar-refractivity contribution in [1.82, 2.24) is 14.5 Å². The molecule has 0 N–H and O–H groups in total. The summed E-state index contributed by atoms with van der Waals surface area (Å²) in [7, 11) is 2.18. The molecule has 3 aromatic rings. The Bertz CT molecular complexity index is 823. The standard InChI is InChI=1S/C18H18ClN3/c1-21-9-6-18-16(12-21)15-10-14(19)2-3-17(15)22(18)11-13-4-7-20-8-5-13/h2-5,7-8,10H,6,9,11-12H2,1H3. The molecular formula is C18H18ClN3. The molecule has 4 rings (SSSR count).